The van der Waals surface area contributed by atoms with Gasteiger partial charge in [-0.1, -0.05) is 5.92 Å². The van der Waals surface area contributed by atoms with Crippen molar-refractivity contribution in [3.05, 3.63) is 0 Å². The van der Waals surface area contributed by atoms with Gasteiger partial charge in [0.05, 0.1) is 0 Å². The first-order chi connectivity index (χ1) is 5.87. The second kappa shape index (κ2) is 4.51. The van der Waals surface area contributed by atoms with Crippen molar-refractivity contribution >= 4 is 11.9 Å². The summed E-state index contributed by atoms with van der Waals surface area (Å²) in [6, 6.07) is 0. The van der Waals surface area contributed by atoms with E-state index in [-0.39, 0.29) is 6.61 Å². The maximum absolute atomic E-state index is 10.9. The average molecular weight is 184 g/mol. The standard InChI is InChI=1S/C9H12O4/c1-5-6-12-7(10)8(11)13-9(2,3)4/h1H,6H2,2-4H3. The van der Waals surface area contributed by atoms with Gasteiger partial charge < -0.3 is 9.47 Å². The molecule has 0 rings (SSSR count). The first-order valence-electron chi connectivity index (χ1n) is 3.70. The van der Waals surface area contributed by atoms with Crippen LogP contribution >= 0.6 is 0 Å². The van der Waals surface area contributed by atoms with Crippen LogP contribution in [0.3, 0.4) is 0 Å². The lowest BCUT2D eigenvalue weighted by molar-refractivity contribution is -0.173. The molecule has 0 saturated heterocycles. The van der Waals surface area contributed by atoms with Gasteiger partial charge in [0.2, 0.25) is 0 Å². The van der Waals surface area contributed by atoms with E-state index in [2.05, 4.69) is 10.7 Å². The fraction of sp³-hybridized carbons (Fsp3) is 0.556. The Hall–Kier alpha value is -1.50. The van der Waals surface area contributed by atoms with E-state index in [9.17, 15) is 9.59 Å². The molecule has 0 aliphatic heterocycles. The number of ether oxygens (including phenoxy) is 2. The van der Waals surface area contributed by atoms with E-state index in [4.69, 9.17) is 11.2 Å². The van der Waals surface area contributed by atoms with E-state index in [0.29, 0.717) is 0 Å². The summed E-state index contributed by atoms with van der Waals surface area (Å²) in [6.45, 7) is 4.73. The smallest absolute Gasteiger partial charge is 0.418 e. The van der Waals surface area contributed by atoms with Gasteiger partial charge in [-0.2, -0.15) is 0 Å². The lowest BCUT2D eigenvalue weighted by Gasteiger charge is -2.18. The molecule has 13 heavy (non-hydrogen) atoms. The maximum atomic E-state index is 10.9. The molecule has 0 fully saturated rings. The fourth-order valence-electron chi connectivity index (χ4n) is 0.486. The molecule has 0 radical (unpaired) electrons. The Morgan fingerprint density at radius 3 is 2.23 bits per heavy atom. The molecule has 4 heteroatoms. The van der Waals surface area contributed by atoms with Crippen molar-refractivity contribution in [1.29, 1.82) is 0 Å². The van der Waals surface area contributed by atoms with Gasteiger partial charge in [0.25, 0.3) is 0 Å². The topological polar surface area (TPSA) is 52.6 Å². The molecular weight excluding hydrogens is 172 g/mol. The largest absolute Gasteiger partial charge is 0.452 e. The van der Waals surface area contributed by atoms with Crippen LogP contribution in [-0.2, 0) is 19.1 Å². The Morgan fingerprint density at radius 2 is 1.85 bits per heavy atom. The fourth-order valence-corrected chi connectivity index (χ4v) is 0.486. The van der Waals surface area contributed by atoms with Gasteiger partial charge in [0.15, 0.2) is 6.61 Å². The Bertz CT molecular complexity index is 241. The maximum Gasteiger partial charge on any atom is 0.418 e. The van der Waals surface area contributed by atoms with Crippen molar-refractivity contribution < 1.29 is 19.1 Å². The van der Waals surface area contributed by atoms with Crippen molar-refractivity contribution in [3.8, 4) is 12.3 Å². The van der Waals surface area contributed by atoms with Crippen LogP contribution in [0.4, 0.5) is 0 Å². The molecule has 4 nitrogen and oxygen atoms in total. The van der Waals surface area contributed by atoms with Crippen LogP contribution in [0.25, 0.3) is 0 Å². The zero-order valence-corrected chi connectivity index (χ0v) is 7.92. The lowest BCUT2D eigenvalue weighted by atomic mass is 10.2. The monoisotopic (exact) mass is 184 g/mol. The van der Waals surface area contributed by atoms with Crippen LogP contribution in [0.1, 0.15) is 20.8 Å². The molecule has 0 heterocycles. The van der Waals surface area contributed by atoms with Crippen LogP contribution in [0, 0.1) is 12.3 Å². The highest BCUT2D eigenvalue weighted by Crippen LogP contribution is 2.07. The number of esters is 2. The first-order valence-corrected chi connectivity index (χ1v) is 3.70. The number of carbonyl (C=O) groups excluding carboxylic acids is 2. The van der Waals surface area contributed by atoms with E-state index < -0.39 is 17.5 Å². The van der Waals surface area contributed by atoms with Crippen molar-refractivity contribution in [2.24, 2.45) is 0 Å². The molecule has 0 aromatic heterocycles. The minimum atomic E-state index is -1.06. The number of hydrogen-bond acceptors (Lipinski definition) is 4. The molecule has 0 unspecified atom stereocenters. The summed E-state index contributed by atoms with van der Waals surface area (Å²) in [5.74, 6) is -0.0219. The van der Waals surface area contributed by atoms with Gasteiger partial charge in [-0.05, 0) is 20.8 Å². The Morgan fingerprint density at radius 1 is 1.31 bits per heavy atom. The summed E-state index contributed by atoms with van der Waals surface area (Å²) in [5, 5.41) is 0. The van der Waals surface area contributed by atoms with E-state index in [1.807, 2.05) is 0 Å². The third-order valence-corrected chi connectivity index (χ3v) is 0.852. The molecule has 0 N–H and O–H groups in total. The molecule has 0 spiro atoms. The highest BCUT2D eigenvalue weighted by Gasteiger charge is 2.23. The van der Waals surface area contributed by atoms with Gasteiger partial charge in [-0.25, -0.2) is 9.59 Å². The van der Waals surface area contributed by atoms with E-state index in [1.165, 1.54) is 0 Å². The van der Waals surface area contributed by atoms with Gasteiger partial charge in [-0.3, -0.25) is 0 Å². The molecule has 0 saturated carbocycles. The van der Waals surface area contributed by atoms with Crippen molar-refractivity contribution in [2.45, 2.75) is 26.4 Å². The van der Waals surface area contributed by atoms with Gasteiger partial charge in [-0.15, -0.1) is 6.42 Å². The predicted octanol–water partition coefficient (Wildman–Crippen LogP) is 0.504. The van der Waals surface area contributed by atoms with Crippen molar-refractivity contribution in [3.63, 3.8) is 0 Å². The minimum absolute atomic E-state index is 0.224. The van der Waals surface area contributed by atoms with Crippen LogP contribution in [0.15, 0.2) is 0 Å². The van der Waals surface area contributed by atoms with Gasteiger partial charge >= 0.3 is 11.9 Å². The zero-order chi connectivity index (χ0) is 10.5. The molecule has 0 amide bonds. The zero-order valence-electron chi connectivity index (χ0n) is 7.92. The Kier molecular flexibility index (Phi) is 3.99. The second-order valence-corrected chi connectivity index (χ2v) is 3.28. The van der Waals surface area contributed by atoms with Crippen LogP contribution in [-0.4, -0.2) is 24.1 Å². The highest BCUT2D eigenvalue weighted by molar-refractivity contribution is 6.29. The molecule has 0 bridgehead atoms. The molecule has 0 aromatic carbocycles. The summed E-state index contributed by atoms with van der Waals surface area (Å²) in [7, 11) is 0. The van der Waals surface area contributed by atoms with Crippen molar-refractivity contribution in [2.75, 3.05) is 6.61 Å². The predicted molar refractivity (Wildman–Crippen MR) is 45.6 cm³/mol. The number of rotatable bonds is 1. The summed E-state index contributed by atoms with van der Waals surface area (Å²) >= 11 is 0. The first kappa shape index (κ1) is 11.5. The van der Waals surface area contributed by atoms with Crippen LogP contribution in [0.5, 0.6) is 0 Å². The van der Waals surface area contributed by atoms with Gasteiger partial charge in [0, 0.05) is 0 Å². The Labute approximate surface area is 77.2 Å². The number of terminal acetylenes is 1. The molecule has 0 aliphatic carbocycles. The van der Waals surface area contributed by atoms with E-state index in [0.717, 1.165) is 0 Å². The molecule has 72 valence electrons. The molecular formula is C9H12O4. The SMILES string of the molecule is C#CCOC(=O)C(=O)OC(C)(C)C. The quantitative estimate of drug-likeness (QED) is 0.338. The summed E-state index contributed by atoms with van der Waals surface area (Å²) in [6.07, 6.45) is 4.82. The normalized spacial score (nSPS) is 10.0. The number of carbonyl (C=O) groups is 2. The van der Waals surface area contributed by atoms with E-state index in [1.54, 1.807) is 20.8 Å². The average Bonchev–Trinajstić information content (AvgIpc) is 1.96. The summed E-state index contributed by atoms with van der Waals surface area (Å²) < 4.78 is 9.06. The van der Waals surface area contributed by atoms with Crippen molar-refractivity contribution in [1.82, 2.24) is 0 Å². The van der Waals surface area contributed by atoms with Gasteiger partial charge in [0.1, 0.15) is 5.60 Å². The number of hydrogen-bond donors (Lipinski definition) is 0. The molecule has 0 atom stereocenters. The second-order valence-electron chi connectivity index (χ2n) is 3.28. The lowest BCUT2D eigenvalue weighted by Crippen LogP contribution is -2.30. The molecule has 0 aliphatic rings. The van der Waals surface area contributed by atoms with Crippen LogP contribution in [0.2, 0.25) is 0 Å². The highest BCUT2D eigenvalue weighted by atomic mass is 16.6. The van der Waals surface area contributed by atoms with Crippen LogP contribution < -0.4 is 0 Å². The summed E-state index contributed by atoms with van der Waals surface area (Å²) in [5.41, 5.74) is -0.702. The third kappa shape index (κ3) is 5.74. The summed E-state index contributed by atoms with van der Waals surface area (Å²) in [4.78, 5) is 21.7. The Balaban J connectivity index is 4.00. The third-order valence-electron chi connectivity index (χ3n) is 0.852. The molecule has 0 aromatic rings. The minimum Gasteiger partial charge on any atom is -0.452 e. The van der Waals surface area contributed by atoms with E-state index >= 15 is 0 Å².